The zero-order valence-corrected chi connectivity index (χ0v) is 10.0. The van der Waals surface area contributed by atoms with E-state index in [4.69, 9.17) is 0 Å². The Balaban J connectivity index is 3.07. The second-order valence-electron chi connectivity index (χ2n) is 3.65. The molecule has 0 aliphatic rings. The fourth-order valence-electron chi connectivity index (χ4n) is 1.65. The molecule has 1 atom stereocenters. The predicted octanol–water partition coefficient (Wildman–Crippen LogP) is 1.75. The molecular weight excluding hydrogens is 224 g/mol. The van der Waals surface area contributed by atoms with Crippen molar-refractivity contribution in [1.29, 1.82) is 0 Å². The van der Waals surface area contributed by atoms with Crippen molar-refractivity contribution in [2.75, 3.05) is 18.6 Å². The SMILES string of the molecule is CSCC[C@](CO)(C(=O)O)c1ccccc1. The first-order valence-electron chi connectivity index (χ1n) is 5.06. The van der Waals surface area contributed by atoms with Gasteiger partial charge in [0.1, 0.15) is 5.41 Å². The molecule has 3 nitrogen and oxygen atoms in total. The molecule has 16 heavy (non-hydrogen) atoms. The molecule has 4 heteroatoms. The number of hydrogen-bond acceptors (Lipinski definition) is 3. The number of aliphatic hydroxyl groups excluding tert-OH is 1. The molecule has 0 saturated heterocycles. The third-order valence-corrected chi connectivity index (χ3v) is 3.35. The van der Waals surface area contributed by atoms with Gasteiger partial charge in [-0.2, -0.15) is 11.8 Å². The van der Waals surface area contributed by atoms with Gasteiger partial charge >= 0.3 is 5.97 Å². The minimum atomic E-state index is -1.16. The van der Waals surface area contributed by atoms with Crippen LogP contribution in [0.1, 0.15) is 12.0 Å². The van der Waals surface area contributed by atoms with E-state index in [1.165, 1.54) is 0 Å². The van der Waals surface area contributed by atoms with Gasteiger partial charge in [0.05, 0.1) is 6.61 Å². The molecule has 1 rings (SSSR count). The summed E-state index contributed by atoms with van der Waals surface area (Å²) in [7, 11) is 0. The molecule has 0 bridgehead atoms. The van der Waals surface area contributed by atoms with E-state index in [1.807, 2.05) is 12.3 Å². The van der Waals surface area contributed by atoms with E-state index >= 15 is 0 Å². The highest BCUT2D eigenvalue weighted by Crippen LogP contribution is 2.29. The molecule has 0 saturated carbocycles. The van der Waals surface area contributed by atoms with E-state index < -0.39 is 11.4 Å². The van der Waals surface area contributed by atoms with Gasteiger partial charge in [-0.3, -0.25) is 4.79 Å². The second kappa shape index (κ2) is 5.92. The minimum absolute atomic E-state index is 0.368. The number of carboxylic acids is 1. The maximum absolute atomic E-state index is 11.4. The zero-order valence-electron chi connectivity index (χ0n) is 9.22. The van der Waals surface area contributed by atoms with E-state index in [1.54, 1.807) is 36.0 Å². The van der Waals surface area contributed by atoms with Gasteiger partial charge in [0.25, 0.3) is 0 Å². The van der Waals surface area contributed by atoms with Gasteiger partial charge in [-0.1, -0.05) is 30.3 Å². The lowest BCUT2D eigenvalue weighted by atomic mass is 9.79. The van der Waals surface area contributed by atoms with Crippen molar-refractivity contribution in [3.63, 3.8) is 0 Å². The molecule has 0 spiro atoms. The van der Waals surface area contributed by atoms with Crippen LogP contribution in [0.25, 0.3) is 0 Å². The quantitative estimate of drug-likeness (QED) is 0.795. The van der Waals surface area contributed by atoms with Crippen LogP contribution in [-0.4, -0.2) is 34.8 Å². The standard InChI is InChI=1S/C12H16O3S/c1-16-8-7-12(9-13,11(14)15)10-5-3-2-4-6-10/h2-6,13H,7-9H2,1H3,(H,14,15)/t12-/m1/s1. The first-order valence-corrected chi connectivity index (χ1v) is 6.45. The number of carboxylic acid groups (broad SMARTS) is 1. The molecule has 0 amide bonds. The molecule has 0 aromatic heterocycles. The highest BCUT2D eigenvalue weighted by atomic mass is 32.2. The van der Waals surface area contributed by atoms with Crippen LogP contribution in [0, 0.1) is 0 Å². The number of aliphatic hydroxyl groups is 1. The molecule has 0 aliphatic carbocycles. The van der Waals surface area contributed by atoms with Crippen molar-refractivity contribution < 1.29 is 15.0 Å². The number of rotatable bonds is 6. The van der Waals surface area contributed by atoms with Crippen LogP contribution in [0.5, 0.6) is 0 Å². The highest BCUT2D eigenvalue weighted by Gasteiger charge is 2.39. The summed E-state index contributed by atoms with van der Waals surface area (Å²) in [6, 6.07) is 8.93. The van der Waals surface area contributed by atoms with Crippen LogP contribution in [0.2, 0.25) is 0 Å². The van der Waals surface area contributed by atoms with Crippen molar-refractivity contribution in [3.8, 4) is 0 Å². The van der Waals surface area contributed by atoms with E-state index in [2.05, 4.69) is 0 Å². The highest BCUT2D eigenvalue weighted by molar-refractivity contribution is 7.98. The first-order chi connectivity index (χ1) is 7.67. The third-order valence-electron chi connectivity index (χ3n) is 2.74. The number of carbonyl (C=O) groups is 1. The van der Waals surface area contributed by atoms with Crippen LogP contribution >= 0.6 is 11.8 Å². The lowest BCUT2D eigenvalue weighted by Crippen LogP contribution is -2.40. The summed E-state index contributed by atoms with van der Waals surface area (Å²) in [5.41, 5.74) is -0.497. The van der Waals surface area contributed by atoms with E-state index in [0.717, 1.165) is 0 Å². The van der Waals surface area contributed by atoms with Crippen LogP contribution < -0.4 is 0 Å². The summed E-state index contributed by atoms with van der Waals surface area (Å²) in [4.78, 5) is 11.4. The summed E-state index contributed by atoms with van der Waals surface area (Å²) in [6.07, 6.45) is 2.36. The Hall–Kier alpha value is -1.00. The van der Waals surface area contributed by atoms with Crippen LogP contribution in [-0.2, 0) is 10.2 Å². The normalized spacial score (nSPS) is 14.4. The number of hydrogen-bond donors (Lipinski definition) is 2. The maximum Gasteiger partial charge on any atom is 0.316 e. The molecule has 0 radical (unpaired) electrons. The molecule has 0 aliphatic heterocycles. The Bertz CT molecular complexity index is 339. The second-order valence-corrected chi connectivity index (χ2v) is 4.64. The molecule has 0 unspecified atom stereocenters. The van der Waals surface area contributed by atoms with Crippen LogP contribution in [0.4, 0.5) is 0 Å². The Kier molecular flexibility index (Phi) is 4.83. The van der Waals surface area contributed by atoms with Gasteiger partial charge in [0.2, 0.25) is 0 Å². The lowest BCUT2D eigenvalue weighted by Gasteiger charge is -2.27. The maximum atomic E-state index is 11.4. The summed E-state index contributed by atoms with van der Waals surface area (Å²) >= 11 is 1.58. The van der Waals surface area contributed by atoms with Gasteiger partial charge in [0, 0.05) is 0 Å². The molecular formula is C12H16O3S. The Morgan fingerprint density at radius 3 is 2.44 bits per heavy atom. The van der Waals surface area contributed by atoms with Crippen molar-refractivity contribution in [3.05, 3.63) is 35.9 Å². The molecule has 0 fully saturated rings. The number of aliphatic carboxylic acids is 1. The summed E-state index contributed by atoms with van der Waals surface area (Å²) in [6.45, 7) is -0.368. The smallest absolute Gasteiger partial charge is 0.316 e. The fourth-order valence-corrected chi connectivity index (χ4v) is 2.20. The predicted molar refractivity (Wildman–Crippen MR) is 65.8 cm³/mol. The molecule has 0 heterocycles. The molecule has 1 aromatic carbocycles. The Labute approximate surface area is 99.5 Å². The van der Waals surface area contributed by atoms with Crippen LogP contribution in [0.3, 0.4) is 0 Å². The van der Waals surface area contributed by atoms with Crippen molar-refractivity contribution in [2.45, 2.75) is 11.8 Å². The van der Waals surface area contributed by atoms with Gasteiger partial charge in [-0.05, 0) is 24.0 Å². The summed E-state index contributed by atoms with van der Waals surface area (Å²) in [5, 5.41) is 18.8. The van der Waals surface area contributed by atoms with Gasteiger partial charge in [-0.15, -0.1) is 0 Å². The van der Waals surface area contributed by atoms with Crippen molar-refractivity contribution in [1.82, 2.24) is 0 Å². The molecule has 88 valence electrons. The van der Waals surface area contributed by atoms with Gasteiger partial charge in [0.15, 0.2) is 0 Å². The summed E-state index contributed by atoms with van der Waals surface area (Å²) < 4.78 is 0. The number of benzene rings is 1. The van der Waals surface area contributed by atoms with Gasteiger partial charge < -0.3 is 10.2 Å². The van der Waals surface area contributed by atoms with E-state index in [9.17, 15) is 15.0 Å². The largest absolute Gasteiger partial charge is 0.481 e. The van der Waals surface area contributed by atoms with E-state index in [0.29, 0.717) is 17.7 Å². The lowest BCUT2D eigenvalue weighted by molar-refractivity contribution is -0.145. The fraction of sp³-hybridized carbons (Fsp3) is 0.417. The summed E-state index contributed by atoms with van der Waals surface area (Å²) in [5.74, 6) is -0.253. The Morgan fingerprint density at radius 2 is 2.00 bits per heavy atom. The average Bonchev–Trinajstić information content (AvgIpc) is 2.31. The molecule has 2 N–H and O–H groups in total. The monoisotopic (exact) mass is 240 g/mol. The van der Waals surface area contributed by atoms with Gasteiger partial charge in [-0.25, -0.2) is 0 Å². The minimum Gasteiger partial charge on any atom is -0.481 e. The topological polar surface area (TPSA) is 57.5 Å². The van der Waals surface area contributed by atoms with Crippen molar-refractivity contribution >= 4 is 17.7 Å². The third kappa shape index (κ3) is 2.57. The van der Waals surface area contributed by atoms with Crippen LogP contribution in [0.15, 0.2) is 30.3 Å². The molecule has 1 aromatic rings. The Morgan fingerprint density at radius 1 is 1.38 bits per heavy atom. The van der Waals surface area contributed by atoms with E-state index in [-0.39, 0.29) is 6.61 Å². The first kappa shape index (κ1) is 13.1. The average molecular weight is 240 g/mol. The van der Waals surface area contributed by atoms with Crippen molar-refractivity contribution in [2.24, 2.45) is 0 Å². The zero-order chi connectivity index (χ0) is 12.0. The number of thioether (sulfide) groups is 1.